The van der Waals surface area contributed by atoms with E-state index in [1.807, 2.05) is 6.92 Å². The van der Waals surface area contributed by atoms with Crippen LogP contribution in [0.5, 0.6) is 5.75 Å². The van der Waals surface area contributed by atoms with Gasteiger partial charge in [0.05, 0.1) is 12.3 Å². The van der Waals surface area contributed by atoms with Crippen molar-refractivity contribution in [2.45, 2.75) is 95.9 Å². The molecule has 3 N–H and O–H groups in total. The largest absolute Gasteiger partial charge is 0.465 e. The Labute approximate surface area is 272 Å². The summed E-state index contributed by atoms with van der Waals surface area (Å²) in [6.45, 7) is 8.43. The molecule has 0 radical (unpaired) electrons. The Morgan fingerprint density at radius 2 is 1.83 bits per heavy atom. The van der Waals surface area contributed by atoms with E-state index < -0.39 is 61.2 Å². The van der Waals surface area contributed by atoms with E-state index in [-0.39, 0.29) is 31.0 Å². The van der Waals surface area contributed by atoms with Crippen LogP contribution in [0.2, 0.25) is 0 Å². The highest BCUT2D eigenvalue weighted by Gasteiger charge is 2.91. The van der Waals surface area contributed by atoms with Crippen molar-refractivity contribution in [3.8, 4) is 5.75 Å². The van der Waals surface area contributed by atoms with Crippen LogP contribution in [0.3, 0.4) is 0 Å². The third-order valence-electron chi connectivity index (χ3n) is 8.23. The number of hydrogen-bond acceptors (Lipinski definition) is 13. The molecule has 0 bridgehead atoms. The van der Waals surface area contributed by atoms with Gasteiger partial charge in [-0.1, -0.05) is 45.4 Å². The molecule has 2 aromatic heterocycles. The van der Waals surface area contributed by atoms with Crippen molar-refractivity contribution in [3.63, 3.8) is 0 Å². The number of fused-ring (bicyclic) bond motifs is 2. The van der Waals surface area contributed by atoms with Gasteiger partial charge in [-0.15, -0.1) is 0 Å². The van der Waals surface area contributed by atoms with Gasteiger partial charge in [-0.3, -0.25) is 18.9 Å². The maximum Gasteiger partial charge on any atom is 0.459 e. The predicted molar refractivity (Wildman–Crippen MR) is 167 cm³/mol. The van der Waals surface area contributed by atoms with Gasteiger partial charge < -0.3 is 29.2 Å². The molecule has 1 saturated heterocycles. The van der Waals surface area contributed by atoms with Gasteiger partial charge in [0.1, 0.15) is 41.4 Å². The fourth-order valence-electron chi connectivity index (χ4n) is 5.68. The number of nitrogens with zero attached hydrogens (tertiary/aromatic N) is 3. The molecule has 0 spiro atoms. The number of anilines is 1. The molecule has 2 aliphatic rings. The zero-order valence-corrected chi connectivity index (χ0v) is 27.8. The monoisotopic (exact) mass is 673 g/mol. The van der Waals surface area contributed by atoms with Gasteiger partial charge in [0.25, 0.3) is 0 Å². The lowest BCUT2D eigenvalue weighted by Gasteiger charge is -2.30. The summed E-state index contributed by atoms with van der Waals surface area (Å²) in [5.41, 5.74) is 3.69. The number of para-hydroxylation sites is 1. The summed E-state index contributed by atoms with van der Waals surface area (Å²) < 4.78 is 52.0. The summed E-state index contributed by atoms with van der Waals surface area (Å²) in [4.78, 5) is 42.7. The first kappa shape index (κ1) is 34.3. The number of nitrogen functional groups attached to an aromatic ring is 1. The molecule has 16 heteroatoms. The number of carbonyl (C=O) groups is 3. The van der Waals surface area contributed by atoms with Crippen molar-refractivity contribution in [2.75, 3.05) is 12.3 Å². The van der Waals surface area contributed by atoms with Gasteiger partial charge in [0.2, 0.25) is 5.60 Å². The second-order valence-electron chi connectivity index (χ2n) is 11.5. The second-order valence-corrected chi connectivity index (χ2v) is 13.1. The number of aromatic nitrogens is 3. The van der Waals surface area contributed by atoms with Gasteiger partial charge >= 0.3 is 25.7 Å². The summed E-state index contributed by atoms with van der Waals surface area (Å²) in [6.07, 6.45) is -0.870. The SMILES string of the molecule is CCCCOC(=O)[C@H](C)N[P@@](=O)(Oc1ccccc1)OC1[C@@]2(C)O[C@@H](c3ccc4c(N)ncnn34)[C@H](OC(=O)CC)[C@@]12OC(=O)CC. The van der Waals surface area contributed by atoms with Crippen molar-refractivity contribution in [1.82, 2.24) is 19.7 Å². The third-order valence-corrected chi connectivity index (χ3v) is 9.88. The van der Waals surface area contributed by atoms with E-state index in [1.165, 1.54) is 17.8 Å². The number of nitrogens with two attached hydrogens (primary N) is 1. The van der Waals surface area contributed by atoms with E-state index in [0.29, 0.717) is 17.6 Å². The average Bonchev–Trinajstić information content (AvgIpc) is 3.32. The maximum absolute atomic E-state index is 14.6. The molecule has 1 aromatic carbocycles. The first-order valence-electron chi connectivity index (χ1n) is 15.6. The molecule has 5 rings (SSSR count). The lowest BCUT2D eigenvalue weighted by Crippen LogP contribution is -2.43. The summed E-state index contributed by atoms with van der Waals surface area (Å²) in [7, 11) is -4.47. The highest BCUT2D eigenvalue weighted by Crippen LogP contribution is 2.71. The number of rotatable bonds is 15. The first-order chi connectivity index (χ1) is 22.4. The van der Waals surface area contributed by atoms with Crippen LogP contribution in [-0.2, 0) is 42.4 Å². The van der Waals surface area contributed by atoms with Crippen molar-refractivity contribution in [3.05, 3.63) is 54.5 Å². The van der Waals surface area contributed by atoms with E-state index in [0.717, 1.165) is 6.42 Å². The smallest absolute Gasteiger partial charge is 0.459 e. The van der Waals surface area contributed by atoms with Crippen LogP contribution in [0.15, 0.2) is 48.8 Å². The van der Waals surface area contributed by atoms with E-state index >= 15 is 0 Å². The molecule has 1 saturated carbocycles. The van der Waals surface area contributed by atoms with Gasteiger partial charge in [-0.05, 0) is 44.5 Å². The lowest BCUT2D eigenvalue weighted by atomic mass is 10.0. The van der Waals surface area contributed by atoms with Crippen LogP contribution < -0.4 is 15.3 Å². The van der Waals surface area contributed by atoms with Gasteiger partial charge in [-0.2, -0.15) is 10.2 Å². The third kappa shape index (κ3) is 6.45. The zero-order chi connectivity index (χ0) is 34.0. The Balaban J connectivity index is 1.54. The van der Waals surface area contributed by atoms with Crippen molar-refractivity contribution >= 4 is 37.0 Å². The minimum Gasteiger partial charge on any atom is -0.465 e. The Morgan fingerprint density at radius 1 is 1.11 bits per heavy atom. The highest BCUT2D eigenvalue weighted by atomic mass is 31.2. The summed E-state index contributed by atoms with van der Waals surface area (Å²) in [5.74, 6) is -1.53. The molecule has 3 aromatic rings. The fraction of sp³-hybridized carbons (Fsp3) is 0.516. The Morgan fingerprint density at radius 3 is 2.51 bits per heavy atom. The predicted octanol–water partition coefficient (Wildman–Crippen LogP) is 4.06. The molecule has 0 amide bonds. The van der Waals surface area contributed by atoms with Crippen molar-refractivity contribution in [1.29, 1.82) is 0 Å². The molecule has 47 heavy (non-hydrogen) atoms. The van der Waals surface area contributed by atoms with Crippen LogP contribution >= 0.6 is 7.75 Å². The van der Waals surface area contributed by atoms with Crippen molar-refractivity contribution in [2.24, 2.45) is 0 Å². The molecule has 1 aliphatic heterocycles. The van der Waals surface area contributed by atoms with Gasteiger partial charge in [0.15, 0.2) is 11.9 Å². The van der Waals surface area contributed by atoms with Crippen LogP contribution in [0.25, 0.3) is 5.52 Å². The van der Waals surface area contributed by atoms with Crippen LogP contribution in [0.1, 0.15) is 72.1 Å². The number of nitrogens with one attached hydrogen (secondary N) is 1. The molecular weight excluding hydrogens is 633 g/mol. The number of unbranched alkanes of at least 4 members (excludes halogenated alkanes) is 1. The Bertz CT molecular complexity index is 1670. The zero-order valence-electron chi connectivity index (χ0n) is 26.9. The topological polar surface area (TPSA) is 192 Å². The van der Waals surface area contributed by atoms with Crippen LogP contribution in [-0.4, -0.2) is 68.6 Å². The number of hydrogen-bond donors (Lipinski definition) is 2. The molecule has 254 valence electrons. The summed E-state index contributed by atoms with van der Waals surface area (Å²) in [6, 6.07) is 10.5. The fourth-order valence-corrected chi connectivity index (χ4v) is 7.45. The second kappa shape index (κ2) is 13.6. The Kier molecular flexibility index (Phi) is 9.92. The number of benzene rings is 1. The quantitative estimate of drug-likeness (QED) is 0.102. The van der Waals surface area contributed by atoms with Crippen LogP contribution in [0, 0.1) is 0 Å². The summed E-state index contributed by atoms with van der Waals surface area (Å²) in [5, 5.41) is 6.96. The molecule has 1 aliphatic carbocycles. The van der Waals surface area contributed by atoms with Crippen molar-refractivity contribution < 1.29 is 46.9 Å². The van der Waals surface area contributed by atoms with Gasteiger partial charge in [0, 0.05) is 12.8 Å². The molecule has 3 heterocycles. The molecule has 15 nitrogen and oxygen atoms in total. The first-order valence-corrected chi connectivity index (χ1v) is 17.1. The average molecular weight is 674 g/mol. The van der Waals surface area contributed by atoms with Gasteiger partial charge in [-0.25, -0.2) is 14.1 Å². The lowest BCUT2D eigenvalue weighted by molar-refractivity contribution is -0.177. The minimum atomic E-state index is -4.47. The highest BCUT2D eigenvalue weighted by molar-refractivity contribution is 7.52. The number of ether oxygens (including phenoxy) is 4. The standard InChI is InChI=1S/C31H40N5O10P/c1-6-9-17-41-28(39)19(4)35-47(40,45-20-13-11-10-12-14-20)46-29-30(5)31(29,43-24(38)8-3)26(42-23(37)7-2)25(44-30)21-15-16-22-27(32)33-18-34-36(21)22/h10-16,18-19,25-26,29H,6-9,17H2,1-5H3,(H,35,40)(H2,32,33,34)/t19-,25-,26-,29?,30+,31+,47+/m0/s1. The van der Waals surface area contributed by atoms with Crippen LogP contribution in [0.4, 0.5) is 5.82 Å². The molecule has 1 unspecified atom stereocenters. The normalized spacial score (nSPS) is 26.5. The number of carbonyl (C=O) groups excluding carboxylic acids is 3. The van der Waals surface area contributed by atoms with E-state index in [9.17, 15) is 18.9 Å². The van der Waals surface area contributed by atoms with E-state index in [2.05, 4.69) is 15.2 Å². The maximum atomic E-state index is 14.6. The molecule has 7 atom stereocenters. The van der Waals surface area contributed by atoms with E-state index in [1.54, 1.807) is 63.2 Å². The summed E-state index contributed by atoms with van der Waals surface area (Å²) >= 11 is 0. The molecular formula is C31H40N5O10P. The number of esters is 3. The molecule has 2 fully saturated rings. The Hall–Kier alpha value is -4.04. The minimum absolute atomic E-state index is 0.00209. The van der Waals surface area contributed by atoms with E-state index in [4.69, 9.17) is 33.7 Å².